The van der Waals surface area contributed by atoms with Crippen LogP contribution in [0.5, 0.6) is 11.5 Å². The van der Waals surface area contributed by atoms with Gasteiger partial charge in [0.15, 0.2) is 21.6 Å². The lowest BCUT2D eigenvalue weighted by atomic mass is 10.1. The zero-order valence-electron chi connectivity index (χ0n) is 15.2. The highest BCUT2D eigenvalue weighted by Gasteiger charge is 2.13. The molecular weight excluding hydrogens is 382 g/mol. The molecule has 0 aliphatic heterocycles. The number of nitrogens with one attached hydrogen (secondary N) is 1. The molecule has 0 aliphatic rings. The average molecular weight is 402 g/mol. The highest BCUT2D eigenvalue weighted by Crippen LogP contribution is 2.30. The lowest BCUT2D eigenvalue weighted by molar-refractivity contribution is 0.102. The molecule has 6 nitrogen and oxygen atoms in total. The van der Waals surface area contributed by atoms with Crippen LogP contribution in [0.1, 0.15) is 15.9 Å². The normalized spacial score (nSPS) is 10.5. The van der Waals surface area contributed by atoms with Crippen molar-refractivity contribution in [2.75, 3.05) is 25.3 Å². The number of aryl methyl sites for hydroxylation is 1. The van der Waals surface area contributed by atoms with E-state index in [-0.39, 0.29) is 11.5 Å². The number of aromatic nitrogens is 2. The van der Waals surface area contributed by atoms with Gasteiger partial charge in [-0.3, -0.25) is 4.79 Å². The maximum atomic E-state index is 12.4. The summed E-state index contributed by atoms with van der Waals surface area (Å²) in [4.78, 5) is 12.4. The molecule has 27 heavy (non-hydrogen) atoms. The number of thioether (sulfide) groups is 1. The van der Waals surface area contributed by atoms with Crippen LogP contribution >= 0.6 is 23.1 Å². The van der Waals surface area contributed by atoms with E-state index < -0.39 is 0 Å². The molecular formula is C19H19N3O3S2. The molecule has 3 rings (SSSR count). The van der Waals surface area contributed by atoms with Crippen LogP contribution < -0.4 is 14.8 Å². The smallest absolute Gasteiger partial charge is 0.210 e. The highest BCUT2D eigenvalue weighted by atomic mass is 32.2. The Morgan fingerprint density at radius 2 is 1.93 bits per heavy atom. The Balaban J connectivity index is 1.60. The molecule has 0 saturated carbocycles. The summed E-state index contributed by atoms with van der Waals surface area (Å²) < 4.78 is 11.2. The largest absolute Gasteiger partial charge is 0.493 e. The molecule has 0 fully saturated rings. The number of carbonyl (C=O) groups is 1. The predicted octanol–water partition coefficient (Wildman–Crippen LogP) is 4.58. The number of hydrogen-bond acceptors (Lipinski definition) is 8. The lowest BCUT2D eigenvalue weighted by Gasteiger charge is -2.08. The van der Waals surface area contributed by atoms with Gasteiger partial charge in [0.1, 0.15) is 0 Å². The monoisotopic (exact) mass is 401 g/mol. The second-order valence-electron chi connectivity index (χ2n) is 5.65. The van der Waals surface area contributed by atoms with Crippen molar-refractivity contribution < 1.29 is 14.3 Å². The number of ketones is 1. The first-order valence-corrected chi connectivity index (χ1v) is 9.94. The van der Waals surface area contributed by atoms with Crippen molar-refractivity contribution in [2.24, 2.45) is 0 Å². The van der Waals surface area contributed by atoms with Crippen molar-refractivity contribution in [1.29, 1.82) is 0 Å². The van der Waals surface area contributed by atoms with Gasteiger partial charge in [0, 0.05) is 11.3 Å². The van der Waals surface area contributed by atoms with E-state index in [0.29, 0.717) is 22.2 Å². The van der Waals surface area contributed by atoms with Crippen molar-refractivity contribution >= 4 is 39.7 Å². The third-order valence-corrected chi connectivity index (χ3v) is 5.68. The summed E-state index contributed by atoms with van der Waals surface area (Å²) in [5.74, 6) is 1.39. The maximum Gasteiger partial charge on any atom is 0.210 e. The molecule has 0 spiro atoms. The van der Waals surface area contributed by atoms with Gasteiger partial charge in [-0.05, 0) is 42.8 Å². The van der Waals surface area contributed by atoms with E-state index in [1.807, 2.05) is 31.2 Å². The highest BCUT2D eigenvalue weighted by molar-refractivity contribution is 8.01. The Bertz CT molecular complexity index is 943. The molecule has 0 radical (unpaired) electrons. The van der Waals surface area contributed by atoms with Crippen molar-refractivity contribution in [3.63, 3.8) is 0 Å². The van der Waals surface area contributed by atoms with Crippen LogP contribution in [0, 0.1) is 6.92 Å². The van der Waals surface area contributed by atoms with Gasteiger partial charge in [-0.1, -0.05) is 35.2 Å². The van der Waals surface area contributed by atoms with Crippen LogP contribution in [0.15, 0.2) is 46.8 Å². The minimum absolute atomic E-state index is 0.00986. The molecule has 1 heterocycles. The Morgan fingerprint density at radius 3 is 2.67 bits per heavy atom. The maximum absolute atomic E-state index is 12.4. The summed E-state index contributed by atoms with van der Waals surface area (Å²) in [7, 11) is 3.11. The van der Waals surface area contributed by atoms with Crippen molar-refractivity contribution in [1.82, 2.24) is 10.2 Å². The lowest BCUT2D eigenvalue weighted by Crippen LogP contribution is -2.03. The number of Topliss-reactive ketones (excluding diaryl/α,β-unsaturated/α-hetero) is 1. The number of rotatable bonds is 8. The molecule has 0 bridgehead atoms. The Labute approximate surface area is 165 Å². The van der Waals surface area contributed by atoms with Gasteiger partial charge < -0.3 is 14.8 Å². The van der Waals surface area contributed by atoms with E-state index >= 15 is 0 Å². The molecule has 1 aromatic heterocycles. The minimum Gasteiger partial charge on any atom is -0.493 e. The Morgan fingerprint density at radius 1 is 1.11 bits per heavy atom. The fourth-order valence-electron chi connectivity index (χ4n) is 2.39. The molecule has 2 aromatic carbocycles. The summed E-state index contributed by atoms with van der Waals surface area (Å²) in [6, 6.07) is 13.2. The average Bonchev–Trinajstić information content (AvgIpc) is 3.12. The van der Waals surface area contributed by atoms with E-state index in [2.05, 4.69) is 15.5 Å². The Hall–Kier alpha value is -2.58. The van der Waals surface area contributed by atoms with E-state index in [4.69, 9.17) is 9.47 Å². The van der Waals surface area contributed by atoms with E-state index in [9.17, 15) is 4.79 Å². The van der Waals surface area contributed by atoms with Crippen LogP contribution in [0.4, 0.5) is 10.8 Å². The van der Waals surface area contributed by atoms with E-state index in [0.717, 1.165) is 10.0 Å². The SMILES string of the molecule is COc1ccc(C(=O)CSc2nnc(Nc3cccc(C)c3)s2)cc1OC. The first-order chi connectivity index (χ1) is 13.1. The number of benzene rings is 2. The van der Waals surface area contributed by atoms with Crippen molar-refractivity contribution in [2.45, 2.75) is 11.3 Å². The van der Waals surface area contributed by atoms with Gasteiger partial charge in [0.2, 0.25) is 5.13 Å². The first-order valence-electron chi connectivity index (χ1n) is 8.14. The first kappa shape index (κ1) is 19.2. The molecule has 8 heteroatoms. The predicted molar refractivity (Wildman–Crippen MR) is 109 cm³/mol. The molecule has 0 saturated heterocycles. The van der Waals surface area contributed by atoms with Gasteiger partial charge in [0.25, 0.3) is 0 Å². The number of anilines is 2. The second kappa shape index (κ2) is 8.88. The fraction of sp³-hybridized carbons (Fsp3) is 0.211. The zero-order valence-corrected chi connectivity index (χ0v) is 16.8. The molecule has 0 aliphatic carbocycles. The molecule has 0 amide bonds. The van der Waals surface area contributed by atoms with E-state index in [1.165, 1.54) is 28.7 Å². The molecule has 140 valence electrons. The van der Waals surface area contributed by atoms with Crippen LogP contribution in [0.3, 0.4) is 0 Å². The molecule has 3 aromatic rings. The number of ether oxygens (including phenoxy) is 2. The fourth-order valence-corrected chi connectivity index (χ4v) is 4.05. The van der Waals surface area contributed by atoms with Gasteiger partial charge in [-0.25, -0.2) is 0 Å². The van der Waals surface area contributed by atoms with Crippen LogP contribution in [-0.4, -0.2) is 36.0 Å². The quantitative estimate of drug-likeness (QED) is 0.437. The number of nitrogens with zero attached hydrogens (tertiary/aromatic N) is 2. The standard InChI is InChI=1S/C19H19N3O3S2/c1-12-5-4-6-14(9-12)20-18-21-22-19(27-18)26-11-15(23)13-7-8-16(24-2)17(10-13)25-3/h4-10H,11H2,1-3H3,(H,20,21). The zero-order chi connectivity index (χ0) is 19.2. The van der Waals surface area contributed by atoms with Crippen LogP contribution in [0.2, 0.25) is 0 Å². The molecule has 1 N–H and O–H groups in total. The van der Waals surface area contributed by atoms with Gasteiger partial charge >= 0.3 is 0 Å². The van der Waals surface area contributed by atoms with Crippen molar-refractivity contribution in [3.05, 3.63) is 53.6 Å². The summed E-state index contributed by atoms with van der Waals surface area (Å²) in [6.07, 6.45) is 0. The summed E-state index contributed by atoms with van der Waals surface area (Å²) >= 11 is 2.78. The number of hydrogen-bond donors (Lipinski definition) is 1. The number of carbonyl (C=O) groups excluding carboxylic acids is 1. The summed E-state index contributed by atoms with van der Waals surface area (Å²) in [6.45, 7) is 2.03. The van der Waals surface area contributed by atoms with Gasteiger partial charge in [0.05, 0.1) is 20.0 Å². The van der Waals surface area contributed by atoms with Crippen molar-refractivity contribution in [3.8, 4) is 11.5 Å². The van der Waals surface area contributed by atoms with E-state index in [1.54, 1.807) is 32.4 Å². The van der Waals surface area contributed by atoms with Crippen LogP contribution in [0.25, 0.3) is 0 Å². The third kappa shape index (κ3) is 4.99. The third-order valence-electron chi connectivity index (χ3n) is 3.71. The topological polar surface area (TPSA) is 73.3 Å². The van der Waals surface area contributed by atoms with Gasteiger partial charge in [-0.15, -0.1) is 10.2 Å². The Kier molecular flexibility index (Phi) is 6.31. The minimum atomic E-state index is -0.00986. The molecule has 0 unspecified atom stereocenters. The summed E-state index contributed by atoms with van der Waals surface area (Å²) in [5, 5.41) is 12.2. The van der Waals surface area contributed by atoms with Crippen LogP contribution in [-0.2, 0) is 0 Å². The second-order valence-corrected chi connectivity index (χ2v) is 7.85. The molecule has 0 atom stereocenters. The number of methoxy groups -OCH3 is 2. The van der Waals surface area contributed by atoms with Gasteiger partial charge in [-0.2, -0.15) is 0 Å². The summed E-state index contributed by atoms with van der Waals surface area (Å²) in [5.41, 5.74) is 2.70.